The number of hydrogen-bond acceptors (Lipinski definition) is 6. The second kappa shape index (κ2) is 9.40. The minimum Gasteiger partial charge on any atom is -0.496 e. The highest BCUT2D eigenvalue weighted by Crippen LogP contribution is 2.42. The standard InChI is InChI=1S/C25H23ClFN9O/c1-34-20(7-8-30-34)16-11-31-35(13-16)22(9-15-3-4-15)19-10-23(37-2)17(12-28-19)24-21(36-14-29-32-33-36)6-5-18(26)25(24)27/h5-8,10-15,22H,3-4,9H2,1-2H3/p+1/t22-/m1/s1. The highest BCUT2D eigenvalue weighted by Gasteiger charge is 2.30. The van der Waals surface area contributed by atoms with Crippen molar-refractivity contribution < 1.29 is 13.8 Å². The molecule has 1 fully saturated rings. The molecule has 4 heterocycles. The summed E-state index contributed by atoms with van der Waals surface area (Å²) in [5.41, 5.74) is 3.90. The Hall–Kier alpha value is -4.12. The van der Waals surface area contributed by atoms with Gasteiger partial charge in [0.2, 0.25) is 0 Å². The number of tetrazole rings is 1. The molecule has 10 nitrogen and oxygen atoms in total. The van der Waals surface area contributed by atoms with Crippen LogP contribution in [-0.2, 0) is 7.05 Å². The van der Waals surface area contributed by atoms with Gasteiger partial charge in [-0.3, -0.25) is 14.3 Å². The van der Waals surface area contributed by atoms with Gasteiger partial charge in [0.1, 0.15) is 16.5 Å². The number of H-pyrrole nitrogens is 1. The summed E-state index contributed by atoms with van der Waals surface area (Å²) >= 11 is 6.17. The van der Waals surface area contributed by atoms with E-state index in [1.54, 1.807) is 25.6 Å². The molecule has 1 aliphatic carbocycles. The predicted octanol–water partition coefficient (Wildman–Crippen LogP) is 3.93. The predicted molar refractivity (Wildman–Crippen MR) is 133 cm³/mol. The van der Waals surface area contributed by atoms with Crippen molar-refractivity contribution in [1.29, 1.82) is 0 Å². The average molecular weight is 521 g/mol. The molecule has 1 atom stereocenters. The van der Waals surface area contributed by atoms with Crippen molar-refractivity contribution in [2.45, 2.75) is 25.3 Å². The molecule has 0 spiro atoms. The van der Waals surface area contributed by atoms with E-state index in [1.165, 1.54) is 29.9 Å². The molecule has 0 bridgehead atoms. The topological polar surface area (TPSA) is 103 Å². The third-order valence-electron chi connectivity index (χ3n) is 6.72. The molecule has 4 aromatic heterocycles. The quantitative estimate of drug-likeness (QED) is 0.311. The molecular weight excluding hydrogens is 497 g/mol. The Morgan fingerprint density at radius 3 is 2.81 bits per heavy atom. The fourth-order valence-corrected chi connectivity index (χ4v) is 4.77. The van der Waals surface area contributed by atoms with E-state index >= 15 is 4.39 Å². The molecule has 5 aromatic rings. The van der Waals surface area contributed by atoms with Crippen LogP contribution in [0.1, 0.15) is 31.0 Å². The number of nitrogens with zero attached hydrogens (tertiary/aromatic N) is 8. The first-order chi connectivity index (χ1) is 18.0. The van der Waals surface area contributed by atoms with Gasteiger partial charge in [0.25, 0.3) is 6.33 Å². The van der Waals surface area contributed by atoms with E-state index in [2.05, 4.69) is 25.7 Å². The molecule has 12 heteroatoms. The first-order valence-electron chi connectivity index (χ1n) is 11.9. The number of aryl methyl sites for hydroxylation is 1. The number of benzene rings is 1. The van der Waals surface area contributed by atoms with Crippen molar-refractivity contribution >= 4 is 11.6 Å². The molecule has 0 unspecified atom stereocenters. The van der Waals surface area contributed by atoms with Crippen LogP contribution in [0.5, 0.6) is 5.75 Å². The maximum Gasteiger partial charge on any atom is 0.293 e. The van der Waals surface area contributed by atoms with Gasteiger partial charge in [-0.15, -0.1) is 4.68 Å². The van der Waals surface area contributed by atoms with Crippen molar-refractivity contribution in [2.75, 3.05) is 7.11 Å². The minimum absolute atomic E-state index is 0.0104. The minimum atomic E-state index is -0.587. The van der Waals surface area contributed by atoms with E-state index < -0.39 is 5.82 Å². The number of halogens is 2. The fraction of sp³-hybridized carbons (Fsp3) is 0.280. The molecule has 188 valence electrons. The van der Waals surface area contributed by atoms with E-state index in [9.17, 15) is 0 Å². The lowest BCUT2D eigenvalue weighted by Gasteiger charge is -2.19. The van der Waals surface area contributed by atoms with E-state index in [0.717, 1.165) is 23.4 Å². The summed E-state index contributed by atoms with van der Waals surface area (Å²) in [5.74, 6) is 0.500. The second-order valence-corrected chi connectivity index (χ2v) is 9.52. The third kappa shape index (κ3) is 4.35. The number of rotatable bonds is 8. The van der Waals surface area contributed by atoms with Gasteiger partial charge in [-0.25, -0.2) is 4.39 Å². The van der Waals surface area contributed by atoms with Crippen LogP contribution in [0.4, 0.5) is 4.39 Å². The molecule has 1 aromatic carbocycles. The van der Waals surface area contributed by atoms with Crippen molar-refractivity contribution in [1.82, 2.24) is 40.1 Å². The zero-order valence-corrected chi connectivity index (χ0v) is 21.0. The van der Waals surface area contributed by atoms with Gasteiger partial charge in [0.05, 0.1) is 41.3 Å². The monoisotopic (exact) mass is 520 g/mol. The van der Waals surface area contributed by atoms with E-state index in [1.807, 2.05) is 40.9 Å². The molecule has 1 N–H and O–H groups in total. The highest BCUT2D eigenvalue weighted by molar-refractivity contribution is 6.31. The van der Waals surface area contributed by atoms with Gasteiger partial charge >= 0.3 is 0 Å². The Morgan fingerprint density at radius 2 is 2.11 bits per heavy atom. The maximum atomic E-state index is 15.4. The smallest absolute Gasteiger partial charge is 0.293 e. The van der Waals surface area contributed by atoms with Crippen LogP contribution < -0.4 is 9.42 Å². The number of aromatic amines is 1. The van der Waals surface area contributed by atoms with Crippen LogP contribution in [0.25, 0.3) is 28.1 Å². The molecule has 6 rings (SSSR count). The average Bonchev–Trinajstić information content (AvgIpc) is 3.28. The van der Waals surface area contributed by atoms with Gasteiger partial charge < -0.3 is 4.74 Å². The van der Waals surface area contributed by atoms with Gasteiger partial charge in [-0.2, -0.15) is 10.2 Å². The summed E-state index contributed by atoms with van der Waals surface area (Å²) in [6.45, 7) is 0. The first kappa shape index (κ1) is 23.3. The third-order valence-corrected chi connectivity index (χ3v) is 7.01. The van der Waals surface area contributed by atoms with Gasteiger partial charge in [0, 0.05) is 42.8 Å². The number of hydrogen-bond donors (Lipinski definition) is 1. The van der Waals surface area contributed by atoms with Crippen LogP contribution >= 0.6 is 11.6 Å². The number of aromatic nitrogens is 9. The number of methoxy groups -OCH3 is 1. The van der Waals surface area contributed by atoms with Crippen LogP contribution in [0, 0.1) is 11.7 Å². The molecule has 0 radical (unpaired) electrons. The zero-order chi connectivity index (χ0) is 25.5. The lowest BCUT2D eigenvalue weighted by atomic mass is 10.0. The van der Waals surface area contributed by atoms with E-state index in [-0.39, 0.29) is 16.6 Å². The van der Waals surface area contributed by atoms with Gasteiger partial charge in [-0.1, -0.05) is 29.7 Å². The Bertz CT molecular complexity index is 1560. The first-order valence-corrected chi connectivity index (χ1v) is 12.2. The summed E-state index contributed by atoms with van der Waals surface area (Å²) < 4.78 is 26.4. The maximum absolute atomic E-state index is 15.4. The van der Waals surface area contributed by atoms with Crippen molar-refractivity contribution in [3.8, 4) is 33.8 Å². The highest BCUT2D eigenvalue weighted by atomic mass is 35.5. The van der Waals surface area contributed by atoms with Crippen LogP contribution in [0.15, 0.2) is 55.4 Å². The summed E-state index contributed by atoms with van der Waals surface area (Å²) in [4.78, 5) is 4.79. The lowest BCUT2D eigenvalue weighted by Crippen LogP contribution is -2.33. The van der Waals surface area contributed by atoms with Crippen LogP contribution in [0.2, 0.25) is 5.02 Å². The molecular formula is C25H24ClFN9O+. The molecule has 0 amide bonds. The Labute approximate surface area is 216 Å². The number of nitrogens with one attached hydrogen (secondary N) is 1. The molecule has 0 aliphatic heterocycles. The zero-order valence-electron chi connectivity index (χ0n) is 20.2. The summed E-state index contributed by atoms with van der Waals surface area (Å²) in [7, 11) is 3.46. The Morgan fingerprint density at radius 1 is 1.24 bits per heavy atom. The van der Waals surface area contributed by atoms with Crippen molar-refractivity contribution in [3.63, 3.8) is 0 Å². The van der Waals surface area contributed by atoms with Crippen LogP contribution in [0.3, 0.4) is 0 Å². The number of ether oxygens (including phenoxy) is 1. The van der Waals surface area contributed by atoms with Crippen molar-refractivity contribution in [3.05, 3.63) is 71.9 Å². The Kier molecular flexibility index (Phi) is 5.91. The van der Waals surface area contributed by atoms with E-state index in [4.69, 9.17) is 21.3 Å². The summed E-state index contributed by atoms with van der Waals surface area (Å²) in [5, 5.41) is 19.2. The summed E-state index contributed by atoms with van der Waals surface area (Å²) in [6.07, 6.45) is 12.0. The largest absolute Gasteiger partial charge is 0.496 e. The Balaban J connectivity index is 1.43. The van der Waals surface area contributed by atoms with Crippen molar-refractivity contribution in [2.24, 2.45) is 13.0 Å². The second-order valence-electron chi connectivity index (χ2n) is 9.11. The SMILES string of the molecule is COc1cc([C@@H](CC2CC2)n2cc(-c3ccnn3C)cn2)ncc1-c1c(-[n+]2cnn[nH]2)ccc(Cl)c1F. The molecule has 1 saturated carbocycles. The van der Waals surface area contributed by atoms with Gasteiger partial charge in [0.15, 0.2) is 11.0 Å². The normalized spacial score (nSPS) is 14.2. The fourth-order valence-electron chi connectivity index (χ4n) is 4.61. The molecule has 1 aliphatic rings. The van der Waals surface area contributed by atoms with Crippen LogP contribution in [-0.4, -0.2) is 47.2 Å². The molecule has 0 saturated heterocycles. The molecule has 37 heavy (non-hydrogen) atoms. The van der Waals surface area contributed by atoms with E-state index in [0.29, 0.717) is 22.9 Å². The number of pyridine rings is 1. The summed E-state index contributed by atoms with van der Waals surface area (Å²) in [6, 6.07) is 6.88. The lowest BCUT2D eigenvalue weighted by molar-refractivity contribution is -0.659. The van der Waals surface area contributed by atoms with Gasteiger partial charge in [-0.05, 0) is 30.5 Å².